The van der Waals surface area contributed by atoms with Crippen molar-refractivity contribution >= 4 is 43.5 Å². The Labute approximate surface area is 134 Å². The first-order valence-electron chi connectivity index (χ1n) is 6.08. The van der Waals surface area contributed by atoms with Gasteiger partial charge in [0.25, 0.3) is 5.91 Å². The van der Waals surface area contributed by atoms with Crippen LogP contribution in [0.4, 0.5) is 5.69 Å². The molecule has 20 heavy (non-hydrogen) atoms. The van der Waals surface area contributed by atoms with Crippen molar-refractivity contribution in [2.75, 3.05) is 5.73 Å². The Kier molecular flexibility index (Phi) is 4.83. The quantitative estimate of drug-likeness (QED) is 0.759. The Morgan fingerprint density at radius 2 is 1.90 bits per heavy atom. The lowest BCUT2D eigenvalue weighted by Crippen LogP contribution is -2.27. The van der Waals surface area contributed by atoms with Gasteiger partial charge in [0.15, 0.2) is 0 Å². The van der Waals surface area contributed by atoms with Crippen molar-refractivity contribution in [3.8, 4) is 0 Å². The van der Waals surface area contributed by atoms with Crippen molar-refractivity contribution < 1.29 is 4.79 Å². The SMILES string of the molecule is C[C@@H](NC(=O)c1cc(N)cc(Br)c1)c1ccccc1Br. The van der Waals surface area contributed by atoms with Gasteiger partial charge in [-0.05, 0) is 36.8 Å². The molecule has 2 rings (SSSR count). The third-order valence-electron chi connectivity index (χ3n) is 2.90. The number of hydrogen-bond acceptors (Lipinski definition) is 2. The minimum atomic E-state index is -0.152. The molecule has 0 aliphatic rings. The van der Waals surface area contributed by atoms with E-state index in [0.717, 1.165) is 14.5 Å². The molecule has 2 aromatic rings. The molecule has 3 N–H and O–H groups in total. The van der Waals surface area contributed by atoms with Crippen LogP contribution in [-0.2, 0) is 0 Å². The van der Waals surface area contributed by atoms with Gasteiger partial charge in [0.2, 0.25) is 0 Å². The van der Waals surface area contributed by atoms with Crippen LogP contribution in [0.25, 0.3) is 0 Å². The standard InChI is InChI=1S/C15H14Br2N2O/c1-9(13-4-2-3-5-14(13)17)19-15(20)10-6-11(16)8-12(18)7-10/h2-9H,18H2,1H3,(H,19,20)/t9-/m1/s1. The number of nitrogens with one attached hydrogen (secondary N) is 1. The highest BCUT2D eigenvalue weighted by atomic mass is 79.9. The minimum absolute atomic E-state index is 0.0988. The molecule has 5 heteroatoms. The number of nitrogen functional groups attached to an aromatic ring is 1. The summed E-state index contributed by atoms with van der Waals surface area (Å²) < 4.78 is 1.76. The second kappa shape index (κ2) is 6.41. The fraction of sp³-hybridized carbons (Fsp3) is 0.133. The third-order valence-corrected chi connectivity index (χ3v) is 4.08. The largest absolute Gasteiger partial charge is 0.399 e. The summed E-state index contributed by atoms with van der Waals surface area (Å²) in [5, 5.41) is 2.96. The van der Waals surface area contributed by atoms with Crippen LogP contribution in [0.2, 0.25) is 0 Å². The fourth-order valence-corrected chi connectivity index (χ4v) is 3.07. The summed E-state index contributed by atoms with van der Waals surface area (Å²) in [6, 6.07) is 12.9. The monoisotopic (exact) mass is 396 g/mol. The zero-order valence-electron chi connectivity index (χ0n) is 10.9. The number of halogens is 2. The molecular weight excluding hydrogens is 384 g/mol. The van der Waals surface area contributed by atoms with Gasteiger partial charge < -0.3 is 11.1 Å². The molecule has 0 fully saturated rings. The zero-order chi connectivity index (χ0) is 14.7. The maximum absolute atomic E-state index is 12.2. The van der Waals surface area contributed by atoms with Crippen molar-refractivity contribution in [3.05, 3.63) is 62.5 Å². The van der Waals surface area contributed by atoms with Crippen LogP contribution in [0, 0.1) is 0 Å². The molecule has 0 bridgehead atoms. The van der Waals surface area contributed by atoms with E-state index in [-0.39, 0.29) is 11.9 Å². The van der Waals surface area contributed by atoms with E-state index >= 15 is 0 Å². The first-order valence-corrected chi connectivity index (χ1v) is 7.67. The maximum Gasteiger partial charge on any atom is 0.251 e. The Morgan fingerprint density at radius 3 is 2.55 bits per heavy atom. The normalized spacial score (nSPS) is 11.9. The van der Waals surface area contributed by atoms with Gasteiger partial charge in [-0.25, -0.2) is 0 Å². The molecule has 3 nitrogen and oxygen atoms in total. The van der Waals surface area contributed by atoms with E-state index in [4.69, 9.17) is 5.73 Å². The van der Waals surface area contributed by atoms with E-state index in [2.05, 4.69) is 37.2 Å². The Bertz CT molecular complexity index is 623. The van der Waals surface area contributed by atoms with E-state index in [0.29, 0.717) is 11.3 Å². The molecular formula is C15H14Br2N2O. The molecule has 0 aliphatic heterocycles. The molecule has 0 radical (unpaired) electrons. The summed E-state index contributed by atoms with van der Waals surface area (Å²) in [5.41, 5.74) is 7.87. The van der Waals surface area contributed by atoms with Crippen LogP contribution in [0.15, 0.2) is 51.4 Å². The van der Waals surface area contributed by atoms with Crippen LogP contribution in [0.5, 0.6) is 0 Å². The summed E-state index contributed by atoms with van der Waals surface area (Å²) in [6.45, 7) is 1.94. The topological polar surface area (TPSA) is 55.1 Å². The molecule has 0 spiro atoms. The van der Waals surface area contributed by atoms with Crippen LogP contribution < -0.4 is 11.1 Å². The second-order valence-electron chi connectivity index (χ2n) is 4.49. The van der Waals surface area contributed by atoms with Gasteiger partial charge in [-0.1, -0.05) is 50.1 Å². The highest BCUT2D eigenvalue weighted by Crippen LogP contribution is 2.23. The van der Waals surface area contributed by atoms with E-state index in [1.165, 1.54) is 0 Å². The van der Waals surface area contributed by atoms with Crippen molar-refractivity contribution in [1.29, 1.82) is 0 Å². The molecule has 0 saturated carbocycles. The molecule has 0 aromatic heterocycles. The molecule has 1 atom stereocenters. The average Bonchev–Trinajstić information content (AvgIpc) is 2.37. The summed E-state index contributed by atoms with van der Waals surface area (Å²) in [5.74, 6) is -0.152. The number of carbonyl (C=O) groups is 1. The predicted octanol–water partition coefficient (Wildman–Crippen LogP) is 4.28. The van der Waals surface area contributed by atoms with E-state index in [1.54, 1.807) is 18.2 Å². The Morgan fingerprint density at radius 1 is 1.20 bits per heavy atom. The first kappa shape index (κ1) is 15.1. The smallest absolute Gasteiger partial charge is 0.251 e. The molecule has 2 aromatic carbocycles. The van der Waals surface area contributed by atoms with Crippen LogP contribution in [0.1, 0.15) is 28.9 Å². The lowest BCUT2D eigenvalue weighted by atomic mass is 10.1. The highest BCUT2D eigenvalue weighted by molar-refractivity contribution is 9.10. The fourth-order valence-electron chi connectivity index (χ4n) is 1.93. The average molecular weight is 398 g/mol. The Hall–Kier alpha value is -1.33. The van der Waals surface area contributed by atoms with Gasteiger partial charge in [0.05, 0.1) is 6.04 Å². The predicted molar refractivity (Wildman–Crippen MR) is 88.6 cm³/mol. The third kappa shape index (κ3) is 3.61. The number of carbonyl (C=O) groups excluding carboxylic acids is 1. The summed E-state index contributed by atoms with van der Waals surface area (Å²) in [7, 11) is 0. The van der Waals surface area contributed by atoms with Gasteiger partial charge in [-0.3, -0.25) is 4.79 Å². The van der Waals surface area contributed by atoms with Crippen molar-refractivity contribution in [2.45, 2.75) is 13.0 Å². The summed E-state index contributed by atoms with van der Waals surface area (Å²) >= 11 is 6.82. The minimum Gasteiger partial charge on any atom is -0.399 e. The van der Waals surface area contributed by atoms with Gasteiger partial charge in [0.1, 0.15) is 0 Å². The van der Waals surface area contributed by atoms with Crippen molar-refractivity contribution in [1.82, 2.24) is 5.32 Å². The van der Waals surface area contributed by atoms with Crippen LogP contribution in [-0.4, -0.2) is 5.91 Å². The number of rotatable bonds is 3. The maximum atomic E-state index is 12.2. The molecule has 0 heterocycles. The zero-order valence-corrected chi connectivity index (χ0v) is 14.0. The van der Waals surface area contributed by atoms with Crippen LogP contribution in [0.3, 0.4) is 0 Å². The Balaban J connectivity index is 2.17. The van der Waals surface area contributed by atoms with Gasteiger partial charge in [-0.15, -0.1) is 0 Å². The molecule has 1 amide bonds. The van der Waals surface area contributed by atoms with Crippen molar-refractivity contribution in [3.63, 3.8) is 0 Å². The first-order chi connectivity index (χ1) is 9.47. The van der Waals surface area contributed by atoms with Crippen LogP contribution >= 0.6 is 31.9 Å². The highest BCUT2D eigenvalue weighted by Gasteiger charge is 2.14. The van der Waals surface area contributed by atoms with Crippen molar-refractivity contribution in [2.24, 2.45) is 0 Å². The van der Waals surface area contributed by atoms with E-state index in [9.17, 15) is 4.79 Å². The summed E-state index contributed by atoms with van der Waals surface area (Å²) in [6.07, 6.45) is 0. The molecule has 0 aliphatic carbocycles. The number of amides is 1. The van der Waals surface area contributed by atoms with Gasteiger partial charge in [-0.2, -0.15) is 0 Å². The number of benzene rings is 2. The van der Waals surface area contributed by atoms with E-state index in [1.807, 2.05) is 31.2 Å². The second-order valence-corrected chi connectivity index (χ2v) is 6.26. The van der Waals surface area contributed by atoms with E-state index < -0.39 is 0 Å². The van der Waals surface area contributed by atoms with Gasteiger partial charge in [0, 0.05) is 20.2 Å². The molecule has 0 saturated heterocycles. The molecule has 104 valence electrons. The molecule has 0 unspecified atom stereocenters. The number of hydrogen-bond donors (Lipinski definition) is 2. The summed E-state index contributed by atoms with van der Waals surface area (Å²) in [4.78, 5) is 12.2. The number of anilines is 1. The lowest BCUT2D eigenvalue weighted by molar-refractivity contribution is 0.0939. The van der Waals surface area contributed by atoms with Gasteiger partial charge >= 0.3 is 0 Å². The lowest BCUT2D eigenvalue weighted by Gasteiger charge is -2.16. The number of nitrogens with two attached hydrogens (primary N) is 1.